The highest BCUT2D eigenvalue weighted by molar-refractivity contribution is 7.15. The van der Waals surface area contributed by atoms with Crippen LogP contribution in [0.25, 0.3) is 0 Å². The van der Waals surface area contributed by atoms with E-state index in [9.17, 15) is 14.7 Å². The number of hydrogen-bond donors (Lipinski definition) is 1. The molecular weight excluding hydrogens is 558 g/mol. The molecule has 0 atom stereocenters. The molecule has 1 N–H and O–H groups in total. The lowest BCUT2D eigenvalue weighted by atomic mass is 9.81. The first-order valence-electron chi connectivity index (χ1n) is 14.5. The Morgan fingerprint density at radius 1 is 1.00 bits per heavy atom. The second-order valence-corrected chi connectivity index (χ2v) is 14.0. The number of hydrazine groups is 1. The maximum Gasteiger partial charge on any atom is 0.348 e. The lowest BCUT2D eigenvalue weighted by Gasteiger charge is -2.43. The van der Waals surface area contributed by atoms with Crippen LogP contribution in [-0.4, -0.2) is 58.4 Å². The van der Waals surface area contributed by atoms with Gasteiger partial charge >= 0.3 is 5.97 Å². The fourth-order valence-electron chi connectivity index (χ4n) is 5.80. The average molecular weight is 600 g/mol. The molecule has 2 saturated carbocycles. The number of hydrogen-bond acceptors (Lipinski definition) is 7. The molecule has 0 aliphatic heterocycles. The molecule has 0 aromatic carbocycles. The fourth-order valence-corrected chi connectivity index (χ4v) is 6.74. The van der Waals surface area contributed by atoms with Crippen LogP contribution in [0.3, 0.4) is 0 Å². The second kappa shape index (κ2) is 13.1. The van der Waals surface area contributed by atoms with E-state index in [1.54, 1.807) is 6.07 Å². The molecule has 41 heavy (non-hydrogen) atoms. The summed E-state index contributed by atoms with van der Waals surface area (Å²) in [5.41, 5.74) is 0.298. The highest BCUT2D eigenvalue weighted by Gasteiger charge is 2.38. The summed E-state index contributed by atoms with van der Waals surface area (Å²) in [4.78, 5) is 29.4. The van der Waals surface area contributed by atoms with Gasteiger partial charge in [-0.1, -0.05) is 30.4 Å². The second-order valence-electron chi connectivity index (χ2n) is 12.6. The lowest BCUT2D eigenvalue weighted by molar-refractivity contribution is -0.124. The molecule has 0 radical (unpaired) electrons. The number of carbonyl (C=O) groups is 2. The quantitative estimate of drug-likeness (QED) is 0.278. The van der Waals surface area contributed by atoms with Gasteiger partial charge in [0.05, 0.1) is 10.6 Å². The maximum absolute atomic E-state index is 14.2. The Hall–Kier alpha value is -2.67. The molecule has 2 aromatic rings. The summed E-state index contributed by atoms with van der Waals surface area (Å²) in [7, 11) is 3.99. The number of amides is 1. The van der Waals surface area contributed by atoms with Gasteiger partial charge in [-0.2, -0.15) is 0 Å². The van der Waals surface area contributed by atoms with Crippen LogP contribution in [0.2, 0.25) is 5.15 Å². The minimum Gasteiger partial charge on any atom is -0.477 e. The van der Waals surface area contributed by atoms with Crippen molar-refractivity contribution in [3.8, 4) is 11.8 Å². The van der Waals surface area contributed by atoms with Crippen molar-refractivity contribution < 1.29 is 14.7 Å². The Kier molecular flexibility index (Phi) is 9.99. The van der Waals surface area contributed by atoms with Crippen LogP contribution in [0.15, 0.2) is 18.2 Å². The fraction of sp³-hybridized carbons (Fsp3) is 0.613. The van der Waals surface area contributed by atoms with Crippen molar-refractivity contribution in [2.45, 2.75) is 91.1 Å². The van der Waals surface area contributed by atoms with Gasteiger partial charge in [0.15, 0.2) is 11.0 Å². The van der Waals surface area contributed by atoms with Gasteiger partial charge in [0, 0.05) is 37.5 Å². The van der Waals surface area contributed by atoms with Crippen molar-refractivity contribution in [1.29, 1.82) is 0 Å². The molecule has 10 heteroatoms. The van der Waals surface area contributed by atoms with E-state index in [-0.39, 0.29) is 34.2 Å². The number of anilines is 2. The number of nitrogens with zero attached hydrogens (tertiary/aromatic N) is 5. The van der Waals surface area contributed by atoms with Gasteiger partial charge in [-0.05, 0) is 96.3 Å². The van der Waals surface area contributed by atoms with Crippen LogP contribution >= 0.6 is 22.9 Å². The highest BCUT2D eigenvalue weighted by atomic mass is 35.5. The number of aromatic carboxylic acids is 1. The summed E-state index contributed by atoms with van der Waals surface area (Å²) in [5.74, 6) is 6.69. The number of aromatic nitrogens is 2. The zero-order valence-electron chi connectivity index (χ0n) is 25.0. The number of rotatable bonds is 7. The van der Waals surface area contributed by atoms with Gasteiger partial charge in [0.1, 0.15) is 4.88 Å². The molecule has 2 aliphatic rings. The number of carboxylic acids is 1. The third kappa shape index (κ3) is 7.79. The average Bonchev–Trinajstić information content (AvgIpc) is 3.36. The molecule has 0 bridgehead atoms. The zero-order valence-corrected chi connectivity index (χ0v) is 26.6. The van der Waals surface area contributed by atoms with E-state index in [0.29, 0.717) is 27.5 Å². The van der Waals surface area contributed by atoms with Gasteiger partial charge in [0.2, 0.25) is 5.91 Å². The molecule has 4 rings (SSSR count). The van der Waals surface area contributed by atoms with Crippen LogP contribution in [0, 0.1) is 29.1 Å². The largest absolute Gasteiger partial charge is 0.477 e. The molecule has 8 nitrogen and oxygen atoms in total. The van der Waals surface area contributed by atoms with E-state index in [4.69, 9.17) is 11.6 Å². The SMILES string of the molecule is CC1CCC(C(=O)N(c2cc(C#CC(C)(C)C)sc2C(=O)O)[C@H]2CC[C@H](N(C)N(C)c3ccc(Cl)nn3)CC2)CC1. The normalized spacial score (nSPS) is 23.0. The Bertz CT molecular complexity index is 1280. The first-order chi connectivity index (χ1) is 19.3. The Labute approximate surface area is 253 Å². The van der Waals surface area contributed by atoms with Crippen molar-refractivity contribution >= 4 is 46.3 Å². The van der Waals surface area contributed by atoms with Gasteiger partial charge < -0.3 is 10.0 Å². The molecule has 2 aliphatic carbocycles. The van der Waals surface area contributed by atoms with Gasteiger partial charge in [-0.25, -0.2) is 9.80 Å². The van der Waals surface area contributed by atoms with Crippen LogP contribution in [-0.2, 0) is 4.79 Å². The van der Waals surface area contributed by atoms with Crippen molar-refractivity contribution in [2.75, 3.05) is 24.0 Å². The topological polar surface area (TPSA) is 89.9 Å². The molecule has 1 amide bonds. The third-order valence-corrected chi connectivity index (χ3v) is 9.54. The minimum absolute atomic E-state index is 0.0664. The molecule has 2 aromatic heterocycles. The van der Waals surface area contributed by atoms with Crippen molar-refractivity contribution in [3.05, 3.63) is 33.1 Å². The third-order valence-electron chi connectivity index (χ3n) is 8.31. The summed E-state index contributed by atoms with van der Waals surface area (Å²) >= 11 is 7.09. The number of carbonyl (C=O) groups excluding carboxylic acids is 1. The first-order valence-corrected chi connectivity index (χ1v) is 15.7. The maximum atomic E-state index is 14.2. The molecule has 2 heterocycles. The highest BCUT2D eigenvalue weighted by Crippen LogP contribution is 2.39. The van der Waals surface area contributed by atoms with Gasteiger partial charge in [-0.15, -0.1) is 21.5 Å². The predicted octanol–water partition coefficient (Wildman–Crippen LogP) is 6.74. The van der Waals surface area contributed by atoms with E-state index in [2.05, 4.69) is 34.0 Å². The summed E-state index contributed by atoms with van der Waals surface area (Å²) in [6, 6.07) is 5.58. The number of halogens is 1. The summed E-state index contributed by atoms with van der Waals surface area (Å²) in [6.07, 6.45) is 7.04. The van der Waals surface area contributed by atoms with Crippen molar-refractivity contribution in [1.82, 2.24) is 15.2 Å². The van der Waals surface area contributed by atoms with E-state index in [1.165, 1.54) is 11.3 Å². The Balaban J connectivity index is 1.59. The standard InChI is InChI=1S/C31H42ClN5O3S/c1-20-7-9-21(10-8-20)29(38)37(25-19-24(17-18-31(2,3)4)41-28(25)30(39)40)23-13-11-22(12-14-23)35(5)36(6)27-16-15-26(32)33-34-27/h15-16,19-23H,7-14H2,1-6H3,(H,39,40)/t20?,21?,22-,23-. The van der Waals surface area contributed by atoms with Crippen molar-refractivity contribution in [2.24, 2.45) is 17.3 Å². The molecule has 0 spiro atoms. The van der Waals surface area contributed by atoms with Crippen LogP contribution in [0.5, 0.6) is 0 Å². The predicted molar refractivity (Wildman–Crippen MR) is 165 cm³/mol. The van der Waals surface area contributed by atoms with E-state index >= 15 is 0 Å². The van der Waals surface area contributed by atoms with Crippen molar-refractivity contribution in [3.63, 3.8) is 0 Å². The van der Waals surface area contributed by atoms with E-state index in [0.717, 1.165) is 51.4 Å². The van der Waals surface area contributed by atoms with E-state index in [1.807, 2.05) is 56.9 Å². The molecule has 222 valence electrons. The lowest BCUT2D eigenvalue weighted by Crippen LogP contribution is -2.51. The molecule has 0 unspecified atom stereocenters. The smallest absolute Gasteiger partial charge is 0.348 e. The summed E-state index contributed by atoms with van der Waals surface area (Å²) in [5, 5.41) is 22.8. The molecule has 0 saturated heterocycles. The number of carboxylic acid groups (broad SMARTS) is 1. The minimum atomic E-state index is -1.01. The molecule has 2 fully saturated rings. The summed E-state index contributed by atoms with van der Waals surface area (Å²) in [6.45, 7) is 8.32. The first kappa shape index (κ1) is 31.3. The Morgan fingerprint density at radius 3 is 2.20 bits per heavy atom. The molecular formula is C31H42ClN5O3S. The Morgan fingerprint density at radius 2 is 1.63 bits per heavy atom. The van der Waals surface area contributed by atoms with Crippen LogP contribution < -0.4 is 9.91 Å². The monoisotopic (exact) mass is 599 g/mol. The van der Waals surface area contributed by atoms with Gasteiger partial charge in [-0.3, -0.25) is 9.80 Å². The zero-order chi connectivity index (χ0) is 29.9. The summed E-state index contributed by atoms with van der Waals surface area (Å²) < 4.78 is 0. The van der Waals surface area contributed by atoms with Crippen LogP contribution in [0.1, 0.15) is 93.6 Å². The van der Waals surface area contributed by atoms with Crippen LogP contribution in [0.4, 0.5) is 11.5 Å². The van der Waals surface area contributed by atoms with E-state index < -0.39 is 5.97 Å². The van der Waals surface area contributed by atoms with Gasteiger partial charge in [0.25, 0.3) is 0 Å². The number of thiophene rings is 1.